The van der Waals surface area contributed by atoms with E-state index in [1.165, 1.54) is 0 Å². The molecular formula is C7H12O. The topological polar surface area (TPSA) is 9.23 Å². The summed E-state index contributed by atoms with van der Waals surface area (Å²) in [7, 11) is 0. The van der Waals surface area contributed by atoms with E-state index < -0.39 is 0 Å². The molecule has 0 fully saturated rings. The molecule has 0 saturated carbocycles. The zero-order valence-corrected chi connectivity index (χ0v) is 5.48. The van der Waals surface area contributed by atoms with Crippen LogP contribution in [-0.4, -0.2) is 13.2 Å². The van der Waals surface area contributed by atoms with E-state index >= 15 is 0 Å². The average Bonchev–Trinajstić information content (AvgIpc) is 1.66. The molecule has 0 rings (SSSR count). The van der Waals surface area contributed by atoms with Crippen molar-refractivity contribution in [1.29, 1.82) is 0 Å². The van der Waals surface area contributed by atoms with Crippen molar-refractivity contribution in [1.82, 2.24) is 0 Å². The van der Waals surface area contributed by atoms with E-state index in [9.17, 15) is 0 Å². The van der Waals surface area contributed by atoms with Gasteiger partial charge in [-0.1, -0.05) is 19.8 Å². The molecule has 0 bridgehead atoms. The Morgan fingerprint density at radius 3 is 2.62 bits per heavy atom. The Hall–Kier alpha value is -0.480. The van der Waals surface area contributed by atoms with Gasteiger partial charge in [0.05, 0.1) is 6.61 Å². The van der Waals surface area contributed by atoms with E-state index in [0.717, 1.165) is 6.61 Å². The van der Waals surface area contributed by atoms with Crippen molar-refractivity contribution in [2.75, 3.05) is 13.2 Å². The normalized spacial score (nSPS) is 9.25. The van der Waals surface area contributed by atoms with Crippen LogP contribution in [0.25, 0.3) is 0 Å². The van der Waals surface area contributed by atoms with Gasteiger partial charge in [0.25, 0.3) is 0 Å². The minimum absolute atomic E-state index is 0.443. The van der Waals surface area contributed by atoms with Crippen LogP contribution in [0.15, 0.2) is 0 Å². The highest BCUT2D eigenvalue weighted by Gasteiger charge is 1.89. The van der Waals surface area contributed by atoms with Crippen LogP contribution in [0, 0.1) is 18.3 Å². The van der Waals surface area contributed by atoms with Gasteiger partial charge in [-0.05, 0) is 5.92 Å². The average molecular weight is 112 g/mol. The van der Waals surface area contributed by atoms with Gasteiger partial charge in [-0.3, -0.25) is 0 Å². The van der Waals surface area contributed by atoms with Gasteiger partial charge in [-0.2, -0.15) is 0 Å². The monoisotopic (exact) mass is 112 g/mol. The molecule has 46 valence electrons. The Morgan fingerprint density at radius 1 is 1.62 bits per heavy atom. The molecule has 1 nitrogen and oxygen atoms in total. The standard InChI is InChI=1S/C7H12O/c1-4-5-8-6-7(2)3/h1,7H,5-6H2,2-3H3. The lowest BCUT2D eigenvalue weighted by molar-refractivity contribution is 0.139. The van der Waals surface area contributed by atoms with Crippen molar-refractivity contribution in [3.63, 3.8) is 0 Å². The van der Waals surface area contributed by atoms with Crippen molar-refractivity contribution in [3.05, 3.63) is 0 Å². The van der Waals surface area contributed by atoms with Gasteiger partial charge < -0.3 is 4.74 Å². The SMILES string of the molecule is C#CCOCC(C)C. The summed E-state index contributed by atoms with van der Waals surface area (Å²) in [6, 6.07) is 0. The van der Waals surface area contributed by atoms with E-state index in [0.29, 0.717) is 12.5 Å². The van der Waals surface area contributed by atoms with Crippen LogP contribution in [-0.2, 0) is 4.74 Å². The van der Waals surface area contributed by atoms with Crippen LogP contribution in [0.5, 0.6) is 0 Å². The number of hydrogen-bond donors (Lipinski definition) is 0. The molecule has 0 aliphatic heterocycles. The molecule has 0 aliphatic carbocycles. The molecule has 0 aromatic heterocycles. The van der Waals surface area contributed by atoms with Crippen LogP contribution >= 0.6 is 0 Å². The minimum atomic E-state index is 0.443. The zero-order valence-electron chi connectivity index (χ0n) is 5.48. The Kier molecular flexibility index (Phi) is 4.39. The van der Waals surface area contributed by atoms with Crippen molar-refractivity contribution < 1.29 is 4.74 Å². The van der Waals surface area contributed by atoms with Crippen molar-refractivity contribution in [2.24, 2.45) is 5.92 Å². The molecule has 8 heavy (non-hydrogen) atoms. The molecular weight excluding hydrogens is 100 g/mol. The summed E-state index contributed by atoms with van der Waals surface area (Å²) in [5.74, 6) is 2.99. The van der Waals surface area contributed by atoms with Crippen LogP contribution in [0.1, 0.15) is 13.8 Å². The van der Waals surface area contributed by atoms with E-state index in [-0.39, 0.29) is 0 Å². The molecule has 0 spiro atoms. The van der Waals surface area contributed by atoms with Crippen LogP contribution in [0.2, 0.25) is 0 Å². The first-order valence-electron chi connectivity index (χ1n) is 2.78. The Balaban J connectivity index is 2.85. The third-order valence-electron chi connectivity index (χ3n) is 0.637. The van der Waals surface area contributed by atoms with Gasteiger partial charge in [0.15, 0.2) is 0 Å². The summed E-state index contributed by atoms with van der Waals surface area (Å²) < 4.78 is 5.01. The molecule has 0 N–H and O–H groups in total. The first-order valence-corrected chi connectivity index (χ1v) is 2.78. The summed E-state index contributed by atoms with van der Waals surface area (Å²) in [4.78, 5) is 0. The highest BCUT2D eigenvalue weighted by Crippen LogP contribution is 1.90. The minimum Gasteiger partial charge on any atom is -0.369 e. The van der Waals surface area contributed by atoms with Gasteiger partial charge in [0.1, 0.15) is 6.61 Å². The lowest BCUT2D eigenvalue weighted by atomic mass is 10.2. The lowest BCUT2D eigenvalue weighted by Gasteiger charge is -2.01. The van der Waals surface area contributed by atoms with Gasteiger partial charge in [-0.15, -0.1) is 6.42 Å². The van der Waals surface area contributed by atoms with Crippen LogP contribution in [0.4, 0.5) is 0 Å². The molecule has 0 heterocycles. The largest absolute Gasteiger partial charge is 0.369 e. The van der Waals surface area contributed by atoms with E-state index in [1.54, 1.807) is 0 Å². The first-order chi connectivity index (χ1) is 3.77. The molecule has 0 saturated heterocycles. The summed E-state index contributed by atoms with van der Waals surface area (Å²) >= 11 is 0. The maximum atomic E-state index is 5.01. The summed E-state index contributed by atoms with van der Waals surface area (Å²) in [5.41, 5.74) is 0. The third-order valence-corrected chi connectivity index (χ3v) is 0.637. The predicted octanol–water partition coefficient (Wildman–Crippen LogP) is 1.29. The van der Waals surface area contributed by atoms with Gasteiger partial charge in [-0.25, -0.2) is 0 Å². The second kappa shape index (κ2) is 4.67. The number of rotatable bonds is 3. The highest BCUT2D eigenvalue weighted by atomic mass is 16.5. The fraction of sp³-hybridized carbons (Fsp3) is 0.714. The summed E-state index contributed by atoms with van der Waals surface area (Å²) in [5, 5.41) is 0. The van der Waals surface area contributed by atoms with Crippen LogP contribution in [0.3, 0.4) is 0 Å². The van der Waals surface area contributed by atoms with Crippen molar-refractivity contribution in [2.45, 2.75) is 13.8 Å². The Morgan fingerprint density at radius 2 is 2.25 bits per heavy atom. The number of hydrogen-bond acceptors (Lipinski definition) is 1. The van der Waals surface area contributed by atoms with E-state index in [4.69, 9.17) is 11.2 Å². The molecule has 0 unspecified atom stereocenters. The lowest BCUT2D eigenvalue weighted by Crippen LogP contribution is -2.01. The zero-order chi connectivity index (χ0) is 6.41. The summed E-state index contributed by atoms with van der Waals surface area (Å²) in [6.07, 6.45) is 4.94. The fourth-order valence-electron chi connectivity index (χ4n) is 0.354. The van der Waals surface area contributed by atoms with E-state index in [2.05, 4.69) is 19.8 Å². The van der Waals surface area contributed by atoms with Crippen molar-refractivity contribution >= 4 is 0 Å². The molecule has 0 amide bonds. The van der Waals surface area contributed by atoms with Gasteiger partial charge >= 0.3 is 0 Å². The molecule has 0 aromatic rings. The molecule has 0 atom stereocenters. The van der Waals surface area contributed by atoms with Crippen molar-refractivity contribution in [3.8, 4) is 12.3 Å². The van der Waals surface area contributed by atoms with Gasteiger partial charge in [0.2, 0.25) is 0 Å². The number of terminal acetylenes is 1. The van der Waals surface area contributed by atoms with Crippen LogP contribution < -0.4 is 0 Å². The highest BCUT2D eigenvalue weighted by molar-refractivity contribution is 4.82. The molecule has 0 aromatic carbocycles. The Bertz CT molecular complexity index is 78.9. The number of ether oxygens (including phenoxy) is 1. The smallest absolute Gasteiger partial charge is 0.107 e. The van der Waals surface area contributed by atoms with Gasteiger partial charge in [0, 0.05) is 0 Å². The fourth-order valence-corrected chi connectivity index (χ4v) is 0.354. The Labute approximate surface area is 51.0 Å². The first kappa shape index (κ1) is 7.52. The summed E-state index contributed by atoms with van der Waals surface area (Å²) in [6.45, 7) is 5.40. The van der Waals surface area contributed by atoms with E-state index in [1.807, 2.05) is 0 Å². The maximum absolute atomic E-state index is 5.01. The third kappa shape index (κ3) is 5.52. The molecule has 0 radical (unpaired) electrons. The second-order valence-corrected chi connectivity index (χ2v) is 2.11. The molecule has 0 aliphatic rings. The molecule has 1 heteroatoms. The predicted molar refractivity (Wildman–Crippen MR) is 34.5 cm³/mol. The second-order valence-electron chi connectivity index (χ2n) is 2.11. The maximum Gasteiger partial charge on any atom is 0.107 e. The quantitative estimate of drug-likeness (QED) is 0.395.